The van der Waals surface area contributed by atoms with Crippen LogP contribution >= 0.6 is 0 Å². The van der Waals surface area contributed by atoms with E-state index in [2.05, 4.69) is 34.0 Å². The van der Waals surface area contributed by atoms with Crippen molar-refractivity contribution >= 4 is 17.6 Å². The van der Waals surface area contributed by atoms with Crippen LogP contribution in [0.1, 0.15) is 12.5 Å². The summed E-state index contributed by atoms with van der Waals surface area (Å²) in [6, 6.07) is 10.2. The molecular formula is C16H17N3. The molecule has 3 nitrogen and oxygen atoms in total. The Morgan fingerprint density at radius 3 is 2.79 bits per heavy atom. The van der Waals surface area contributed by atoms with Gasteiger partial charge in [0.05, 0.1) is 5.84 Å². The molecule has 0 radical (unpaired) electrons. The van der Waals surface area contributed by atoms with Crippen LogP contribution in [0.4, 0.5) is 5.69 Å². The zero-order chi connectivity index (χ0) is 13.7. The van der Waals surface area contributed by atoms with Crippen molar-refractivity contribution in [3.8, 4) is 11.1 Å². The molecule has 0 bridgehead atoms. The lowest BCUT2D eigenvalue weighted by molar-refractivity contribution is 1.33. The number of anilines is 1. The van der Waals surface area contributed by atoms with Gasteiger partial charge >= 0.3 is 0 Å². The highest BCUT2D eigenvalue weighted by Gasteiger charge is 2.04. The Morgan fingerprint density at radius 1 is 1.32 bits per heavy atom. The predicted octanol–water partition coefficient (Wildman–Crippen LogP) is 3.85. The molecule has 96 valence electrons. The fourth-order valence-corrected chi connectivity index (χ4v) is 1.81. The Kier molecular flexibility index (Phi) is 4.08. The van der Waals surface area contributed by atoms with Crippen LogP contribution in [0.15, 0.2) is 54.3 Å². The lowest BCUT2D eigenvalue weighted by Gasteiger charge is -2.11. The van der Waals surface area contributed by atoms with Gasteiger partial charge in [-0.2, -0.15) is 0 Å². The Balaban J connectivity index is 2.44. The molecule has 3 heteroatoms. The van der Waals surface area contributed by atoms with Gasteiger partial charge in [-0.3, -0.25) is 9.98 Å². The van der Waals surface area contributed by atoms with Gasteiger partial charge in [0.2, 0.25) is 0 Å². The zero-order valence-corrected chi connectivity index (χ0v) is 11.2. The van der Waals surface area contributed by atoms with Crippen LogP contribution < -0.4 is 5.32 Å². The molecule has 1 heterocycles. The van der Waals surface area contributed by atoms with Crippen molar-refractivity contribution in [1.82, 2.24) is 4.98 Å². The van der Waals surface area contributed by atoms with E-state index in [-0.39, 0.29) is 0 Å². The van der Waals surface area contributed by atoms with Gasteiger partial charge in [-0.1, -0.05) is 30.9 Å². The van der Waals surface area contributed by atoms with Gasteiger partial charge in [0.25, 0.3) is 0 Å². The van der Waals surface area contributed by atoms with Gasteiger partial charge in [-0.15, -0.1) is 0 Å². The summed E-state index contributed by atoms with van der Waals surface area (Å²) in [6.07, 6.45) is 5.46. The first kappa shape index (κ1) is 13.0. The summed E-state index contributed by atoms with van der Waals surface area (Å²) in [5, 5.41) is 3.28. The predicted molar refractivity (Wildman–Crippen MR) is 82.4 cm³/mol. The summed E-state index contributed by atoms with van der Waals surface area (Å²) >= 11 is 0. The quantitative estimate of drug-likeness (QED) is 0.664. The van der Waals surface area contributed by atoms with E-state index in [0.29, 0.717) is 0 Å². The Morgan fingerprint density at radius 2 is 2.16 bits per heavy atom. The maximum atomic E-state index is 4.15. The minimum Gasteiger partial charge on any atom is -0.344 e. The first-order valence-corrected chi connectivity index (χ1v) is 6.12. The monoisotopic (exact) mass is 251 g/mol. The summed E-state index contributed by atoms with van der Waals surface area (Å²) in [7, 11) is 1.76. The van der Waals surface area contributed by atoms with E-state index < -0.39 is 0 Å². The van der Waals surface area contributed by atoms with Crippen molar-refractivity contribution in [2.75, 3.05) is 12.4 Å². The molecule has 0 unspecified atom stereocenters. The third kappa shape index (κ3) is 3.07. The average Bonchev–Trinajstić information content (AvgIpc) is 2.48. The number of aromatic nitrogens is 1. The Labute approximate surface area is 113 Å². The van der Waals surface area contributed by atoms with E-state index in [9.17, 15) is 0 Å². The third-order valence-corrected chi connectivity index (χ3v) is 2.92. The molecule has 19 heavy (non-hydrogen) atoms. The molecular weight excluding hydrogens is 234 g/mol. The van der Waals surface area contributed by atoms with Crippen LogP contribution in [0.2, 0.25) is 0 Å². The normalized spacial score (nSPS) is 11.2. The van der Waals surface area contributed by atoms with Gasteiger partial charge in [0, 0.05) is 30.7 Å². The Hall–Kier alpha value is -2.42. The van der Waals surface area contributed by atoms with Crippen molar-refractivity contribution < 1.29 is 0 Å². The van der Waals surface area contributed by atoms with Crippen LogP contribution in [0.25, 0.3) is 17.2 Å². The first-order chi connectivity index (χ1) is 9.24. The van der Waals surface area contributed by atoms with Gasteiger partial charge in [-0.05, 0) is 30.2 Å². The summed E-state index contributed by atoms with van der Waals surface area (Å²) in [5.74, 6) is 0.867. The van der Waals surface area contributed by atoms with E-state index in [1.165, 1.54) is 0 Å². The minimum absolute atomic E-state index is 0.867. The molecule has 2 rings (SSSR count). The van der Waals surface area contributed by atoms with Gasteiger partial charge in [0.1, 0.15) is 0 Å². The molecule has 0 aliphatic carbocycles. The number of pyridine rings is 1. The van der Waals surface area contributed by atoms with Crippen LogP contribution in [-0.4, -0.2) is 17.9 Å². The highest BCUT2D eigenvalue weighted by Crippen LogP contribution is 2.26. The van der Waals surface area contributed by atoms with Gasteiger partial charge < -0.3 is 5.32 Å². The fraction of sp³-hybridized carbons (Fsp3) is 0.125. The summed E-state index contributed by atoms with van der Waals surface area (Å²) in [6.45, 7) is 5.77. The smallest absolute Gasteiger partial charge is 0.0972 e. The molecule has 1 N–H and O–H groups in total. The molecule has 0 saturated heterocycles. The second kappa shape index (κ2) is 5.96. The molecule has 0 spiro atoms. The van der Waals surface area contributed by atoms with Gasteiger partial charge in [0.15, 0.2) is 0 Å². The zero-order valence-electron chi connectivity index (χ0n) is 11.2. The second-order valence-electron chi connectivity index (χ2n) is 4.18. The highest BCUT2D eigenvalue weighted by molar-refractivity contribution is 5.96. The van der Waals surface area contributed by atoms with E-state index in [1.807, 2.05) is 37.4 Å². The van der Waals surface area contributed by atoms with Crippen molar-refractivity contribution in [2.24, 2.45) is 4.99 Å². The molecule has 0 saturated carbocycles. The molecule has 1 aromatic heterocycles. The number of amidine groups is 1. The highest BCUT2D eigenvalue weighted by atomic mass is 15.0. The number of hydrogen-bond acceptors (Lipinski definition) is 2. The topological polar surface area (TPSA) is 37.3 Å². The SMILES string of the molecule is C=Cc1ccc(-c2cccnc2)cc1NC(C)=NC. The van der Waals surface area contributed by atoms with Crippen molar-refractivity contribution in [1.29, 1.82) is 0 Å². The van der Waals surface area contributed by atoms with Crippen molar-refractivity contribution in [3.05, 3.63) is 54.9 Å². The van der Waals surface area contributed by atoms with Crippen LogP contribution in [0.5, 0.6) is 0 Å². The third-order valence-electron chi connectivity index (χ3n) is 2.92. The molecule has 0 atom stereocenters. The lowest BCUT2D eigenvalue weighted by atomic mass is 10.0. The van der Waals surface area contributed by atoms with Crippen molar-refractivity contribution in [2.45, 2.75) is 6.92 Å². The number of nitrogens with zero attached hydrogens (tertiary/aromatic N) is 2. The first-order valence-electron chi connectivity index (χ1n) is 6.12. The van der Waals surface area contributed by atoms with E-state index in [1.54, 1.807) is 13.2 Å². The van der Waals surface area contributed by atoms with E-state index in [4.69, 9.17) is 0 Å². The standard InChI is InChI=1S/C16H17N3/c1-4-13-7-8-14(15-6-5-9-18-11-15)10-16(13)19-12(2)17-3/h4-11H,1H2,2-3H3,(H,17,19). The number of nitrogens with one attached hydrogen (secondary N) is 1. The maximum absolute atomic E-state index is 4.15. The van der Waals surface area contributed by atoms with E-state index >= 15 is 0 Å². The molecule has 0 fully saturated rings. The van der Waals surface area contributed by atoms with Crippen LogP contribution in [0.3, 0.4) is 0 Å². The maximum Gasteiger partial charge on any atom is 0.0972 e. The average molecular weight is 251 g/mol. The number of benzene rings is 1. The number of hydrogen-bond donors (Lipinski definition) is 1. The van der Waals surface area contributed by atoms with Crippen LogP contribution in [0, 0.1) is 0 Å². The second-order valence-corrected chi connectivity index (χ2v) is 4.18. The Bertz CT molecular complexity index is 601. The number of rotatable bonds is 3. The molecule has 0 amide bonds. The summed E-state index contributed by atoms with van der Waals surface area (Å²) < 4.78 is 0. The van der Waals surface area contributed by atoms with E-state index in [0.717, 1.165) is 28.2 Å². The molecule has 0 aliphatic heterocycles. The van der Waals surface area contributed by atoms with Crippen molar-refractivity contribution in [3.63, 3.8) is 0 Å². The molecule has 0 aliphatic rings. The van der Waals surface area contributed by atoms with Crippen LogP contribution in [-0.2, 0) is 0 Å². The number of aliphatic imine (C=N–C) groups is 1. The summed E-state index contributed by atoms with van der Waals surface area (Å²) in [4.78, 5) is 8.27. The minimum atomic E-state index is 0.867. The molecule has 1 aromatic carbocycles. The van der Waals surface area contributed by atoms with Gasteiger partial charge in [-0.25, -0.2) is 0 Å². The fourth-order valence-electron chi connectivity index (χ4n) is 1.81. The lowest BCUT2D eigenvalue weighted by Crippen LogP contribution is -2.08. The summed E-state index contributed by atoms with van der Waals surface area (Å²) in [5.41, 5.74) is 4.26. The largest absolute Gasteiger partial charge is 0.344 e. The molecule has 2 aromatic rings.